The van der Waals surface area contributed by atoms with E-state index in [-0.39, 0.29) is 11.5 Å². The number of hydrogen-bond donors (Lipinski definition) is 1. The summed E-state index contributed by atoms with van der Waals surface area (Å²) in [5.41, 5.74) is 3.41. The first kappa shape index (κ1) is 22.1. The molecule has 7 nitrogen and oxygen atoms in total. The molecular weight excluding hydrogens is 404 g/mol. The van der Waals surface area contributed by atoms with E-state index in [9.17, 15) is 13.2 Å². The Bertz CT molecular complexity index is 1040. The van der Waals surface area contributed by atoms with Crippen LogP contribution in [0.4, 0.5) is 5.69 Å². The Labute approximate surface area is 178 Å². The Morgan fingerprint density at radius 1 is 1.07 bits per heavy atom. The number of methoxy groups -OCH3 is 1. The summed E-state index contributed by atoms with van der Waals surface area (Å²) >= 11 is 0. The summed E-state index contributed by atoms with van der Waals surface area (Å²) in [5, 5.41) is 2.71. The lowest BCUT2D eigenvalue weighted by atomic mass is 10.1. The molecule has 1 aliphatic heterocycles. The summed E-state index contributed by atoms with van der Waals surface area (Å²) in [5.74, 6) is 0.633. The van der Waals surface area contributed by atoms with Gasteiger partial charge in [0.2, 0.25) is 10.0 Å². The fourth-order valence-electron chi connectivity index (χ4n) is 3.50. The highest BCUT2D eigenvalue weighted by Gasteiger charge is 2.28. The van der Waals surface area contributed by atoms with E-state index in [2.05, 4.69) is 11.4 Å². The van der Waals surface area contributed by atoms with Crippen molar-refractivity contribution in [3.05, 3.63) is 47.0 Å². The molecule has 0 unspecified atom stereocenters. The molecule has 1 saturated heterocycles. The molecule has 0 radical (unpaired) electrons. The molecule has 1 aliphatic rings. The van der Waals surface area contributed by atoms with E-state index < -0.39 is 15.9 Å². The number of nitrogens with zero attached hydrogens (tertiary/aromatic N) is 1. The van der Waals surface area contributed by atoms with Crippen molar-refractivity contribution >= 4 is 21.6 Å². The molecule has 3 rings (SSSR count). The standard InChI is InChI=1S/C22H28N2O5S/c1-15-11-16(2)17(3)21(12-15)29-14-22(25)23-19-13-18(7-8-20(19)28-4)30(26,27)24-9-5-6-10-24/h7-8,11-13H,5-6,9-10,14H2,1-4H3,(H,23,25). The summed E-state index contributed by atoms with van der Waals surface area (Å²) in [6, 6.07) is 8.43. The van der Waals surface area contributed by atoms with E-state index in [1.54, 1.807) is 6.07 Å². The molecule has 0 bridgehead atoms. The fraction of sp³-hybridized carbons (Fsp3) is 0.409. The van der Waals surface area contributed by atoms with Crippen molar-refractivity contribution in [1.82, 2.24) is 4.31 Å². The van der Waals surface area contributed by atoms with Crippen LogP contribution in [0.3, 0.4) is 0 Å². The van der Waals surface area contributed by atoms with E-state index in [4.69, 9.17) is 9.47 Å². The number of nitrogens with one attached hydrogen (secondary N) is 1. The molecule has 8 heteroatoms. The van der Waals surface area contributed by atoms with E-state index >= 15 is 0 Å². The number of hydrogen-bond acceptors (Lipinski definition) is 5. The predicted octanol–water partition coefficient (Wildman–Crippen LogP) is 3.42. The van der Waals surface area contributed by atoms with Crippen LogP contribution in [-0.4, -0.2) is 45.4 Å². The highest BCUT2D eigenvalue weighted by molar-refractivity contribution is 7.89. The van der Waals surface area contributed by atoms with E-state index in [1.807, 2.05) is 26.8 Å². The predicted molar refractivity (Wildman–Crippen MR) is 116 cm³/mol. The van der Waals surface area contributed by atoms with Crippen molar-refractivity contribution in [2.75, 3.05) is 32.1 Å². The molecule has 2 aromatic rings. The normalized spacial score (nSPS) is 14.5. The van der Waals surface area contributed by atoms with Crippen LogP contribution in [0, 0.1) is 20.8 Å². The quantitative estimate of drug-likeness (QED) is 0.725. The third kappa shape index (κ3) is 4.76. The first-order valence-electron chi connectivity index (χ1n) is 9.91. The minimum Gasteiger partial charge on any atom is -0.495 e. The van der Waals surface area contributed by atoms with Gasteiger partial charge in [-0.2, -0.15) is 4.31 Å². The van der Waals surface area contributed by atoms with Crippen LogP contribution in [0.5, 0.6) is 11.5 Å². The number of sulfonamides is 1. The molecule has 0 atom stereocenters. The zero-order valence-corrected chi connectivity index (χ0v) is 18.6. The van der Waals surface area contributed by atoms with Gasteiger partial charge in [-0.3, -0.25) is 4.79 Å². The molecule has 1 fully saturated rings. The number of benzene rings is 2. The van der Waals surface area contributed by atoms with Crippen LogP contribution in [-0.2, 0) is 14.8 Å². The third-order valence-corrected chi connectivity index (χ3v) is 7.17. The second-order valence-electron chi connectivity index (χ2n) is 7.52. The fourth-order valence-corrected chi connectivity index (χ4v) is 5.05. The van der Waals surface area contributed by atoms with Gasteiger partial charge in [-0.25, -0.2) is 8.42 Å². The van der Waals surface area contributed by atoms with Crippen LogP contribution < -0.4 is 14.8 Å². The Hall–Kier alpha value is -2.58. The van der Waals surface area contributed by atoms with Crippen LogP contribution in [0.2, 0.25) is 0 Å². The maximum Gasteiger partial charge on any atom is 0.262 e. The number of amides is 1. The SMILES string of the molecule is COc1ccc(S(=O)(=O)N2CCCC2)cc1NC(=O)COc1cc(C)cc(C)c1C. The topological polar surface area (TPSA) is 84.9 Å². The van der Waals surface area contributed by atoms with Gasteiger partial charge in [-0.1, -0.05) is 6.07 Å². The highest BCUT2D eigenvalue weighted by Crippen LogP contribution is 2.30. The molecule has 30 heavy (non-hydrogen) atoms. The number of carbonyl (C=O) groups excluding carboxylic acids is 1. The summed E-state index contributed by atoms with van der Waals surface area (Å²) in [4.78, 5) is 12.6. The highest BCUT2D eigenvalue weighted by atomic mass is 32.2. The Kier molecular flexibility index (Phi) is 6.67. The average molecular weight is 433 g/mol. The zero-order chi connectivity index (χ0) is 21.9. The lowest BCUT2D eigenvalue weighted by Crippen LogP contribution is -2.28. The molecular formula is C22H28N2O5S. The minimum absolute atomic E-state index is 0.131. The number of anilines is 1. The van der Waals surface area contributed by atoms with Gasteiger partial charge in [-0.05, 0) is 74.6 Å². The molecule has 2 aromatic carbocycles. The van der Waals surface area contributed by atoms with Crippen molar-refractivity contribution in [1.29, 1.82) is 0 Å². The van der Waals surface area contributed by atoms with E-state index in [0.29, 0.717) is 30.3 Å². The average Bonchev–Trinajstić information content (AvgIpc) is 3.25. The Balaban J connectivity index is 1.76. The zero-order valence-electron chi connectivity index (χ0n) is 17.8. The van der Waals surface area contributed by atoms with Crippen molar-refractivity contribution in [2.45, 2.75) is 38.5 Å². The van der Waals surface area contributed by atoms with Crippen LogP contribution in [0.1, 0.15) is 29.5 Å². The van der Waals surface area contributed by atoms with Gasteiger partial charge >= 0.3 is 0 Å². The van der Waals surface area contributed by atoms with Crippen molar-refractivity contribution in [3.63, 3.8) is 0 Å². The third-order valence-electron chi connectivity index (χ3n) is 5.27. The molecule has 162 valence electrons. The second kappa shape index (κ2) is 9.06. The van der Waals surface area contributed by atoms with Crippen LogP contribution >= 0.6 is 0 Å². The van der Waals surface area contributed by atoms with E-state index in [1.165, 1.54) is 23.5 Å². The molecule has 1 N–H and O–H groups in total. The molecule has 0 spiro atoms. The van der Waals surface area contributed by atoms with Crippen molar-refractivity contribution in [3.8, 4) is 11.5 Å². The monoisotopic (exact) mass is 432 g/mol. The maximum absolute atomic E-state index is 12.8. The molecule has 1 heterocycles. The number of rotatable bonds is 7. The first-order chi connectivity index (χ1) is 14.2. The maximum atomic E-state index is 12.8. The Morgan fingerprint density at radius 3 is 2.43 bits per heavy atom. The second-order valence-corrected chi connectivity index (χ2v) is 9.45. The van der Waals surface area contributed by atoms with Gasteiger partial charge in [0.25, 0.3) is 5.91 Å². The lowest BCUT2D eigenvalue weighted by Gasteiger charge is -2.18. The lowest BCUT2D eigenvalue weighted by molar-refractivity contribution is -0.118. The largest absolute Gasteiger partial charge is 0.495 e. The number of carbonyl (C=O) groups is 1. The molecule has 0 aromatic heterocycles. The van der Waals surface area contributed by atoms with Gasteiger partial charge in [0, 0.05) is 13.1 Å². The number of aryl methyl sites for hydroxylation is 2. The summed E-state index contributed by atoms with van der Waals surface area (Å²) in [6.45, 7) is 6.73. The van der Waals surface area contributed by atoms with Gasteiger partial charge in [0.05, 0.1) is 17.7 Å². The first-order valence-corrected chi connectivity index (χ1v) is 11.3. The molecule has 1 amide bonds. The summed E-state index contributed by atoms with van der Waals surface area (Å²) in [6.07, 6.45) is 1.71. The van der Waals surface area contributed by atoms with Gasteiger partial charge in [-0.15, -0.1) is 0 Å². The smallest absolute Gasteiger partial charge is 0.262 e. The van der Waals surface area contributed by atoms with Crippen LogP contribution in [0.25, 0.3) is 0 Å². The summed E-state index contributed by atoms with van der Waals surface area (Å²) in [7, 11) is -2.13. The van der Waals surface area contributed by atoms with Crippen LogP contribution in [0.15, 0.2) is 35.2 Å². The summed E-state index contributed by atoms with van der Waals surface area (Å²) < 4.78 is 38.1. The van der Waals surface area contributed by atoms with Crippen molar-refractivity contribution in [2.24, 2.45) is 0 Å². The minimum atomic E-state index is -3.60. The van der Waals surface area contributed by atoms with Gasteiger partial charge in [0.1, 0.15) is 11.5 Å². The molecule has 0 aliphatic carbocycles. The van der Waals surface area contributed by atoms with Gasteiger partial charge < -0.3 is 14.8 Å². The van der Waals surface area contributed by atoms with Crippen molar-refractivity contribution < 1.29 is 22.7 Å². The van der Waals surface area contributed by atoms with Gasteiger partial charge in [0.15, 0.2) is 6.61 Å². The Morgan fingerprint density at radius 2 is 1.77 bits per heavy atom. The molecule has 0 saturated carbocycles. The van der Waals surface area contributed by atoms with E-state index in [0.717, 1.165) is 29.5 Å². The number of ether oxygens (including phenoxy) is 2.